The summed E-state index contributed by atoms with van der Waals surface area (Å²) >= 11 is 0. The summed E-state index contributed by atoms with van der Waals surface area (Å²) < 4.78 is 10.1. The van der Waals surface area contributed by atoms with Crippen LogP contribution in [-0.2, 0) is 6.54 Å². The molecule has 0 amide bonds. The van der Waals surface area contributed by atoms with Crippen molar-refractivity contribution in [2.24, 2.45) is 0 Å². The molecule has 1 unspecified atom stereocenters. The number of nitrogens with one attached hydrogen (secondary N) is 1. The normalized spacial score (nSPS) is 12.9. The molecular weight excluding hydrogens is 206 g/mol. The van der Waals surface area contributed by atoms with Crippen LogP contribution < -0.4 is 5.32 Å². The van der Waals surface area contributed by atoms with E-state index in [4.69, 9.17) is 4.42 Å². The van der Waals surface area contributed by atoms with Crippen LogP contribution in [0.3, 0.4) is 0 Å². The highest BCUT2D eigenvalue weighted by Crippen LogP contribution is 2.21. The average Bonchev–Trinajstić information content (AvgIpc) is 2.84. The second-order valence-electron chi connectivity index (χ2n) is 3.82. The van der Waals surface area contributed by atoms with Gasteiger partial charge in [-0.1, -0.05) is 5.16 Å². The van der Waals surface area contributed by atoms with Crippen LogP contribution in [0, 0.1) is 13.8 Å². The Morgan fingerprint density at radius 2 is 2.25 bits per heavy atom. The van der Waals surface area contributed by atoms with Crippen LogP contribution in [0.15, 0.2) is 21.4 Å². The van der Waals surface area contributed by atoms with Gasteiger partial charge in [0.05, 0.1) is 6.54 Å². The first-order valence-corrected chi connectivity index (χ1v) is 5.22. The van der Waals surface area contributed by atoms with Crippen LogP contribution in [-0.4, -0.2) is 10.1 Å². The molecule has 0 fully saturated rings. The van der Waals surface area contributed by atoms with Gasteiger partial charge in [0, 0.05) is 11.6 Å². The molecule has 1 N–H and O–H groups in total. The number of rotatable bonds is 4. The van der Waals surface area contributed by atoms with Gasteiger partial charge in [-0.2, -0.15) is 4.98 Å². The third-order valence-electron chi connectivity index (χ3n) is 2.52. The van der Waals surface area contributed by atoms with Crippen molar-refractivity contribution in [3.05, 3.63) is 35.4 Å². The van der Waals surface area contributed by atoms with E-state index in [1.54, 1.807) is 0 Å². The maximum Gasteiger partial charge on any atom is 0.213 e. The van der Waals surface area contributed by atoms with Crippen LogP contribution in [0.5, 0.6) is 0 Å². The lowest BCUT2D eigenvalue weighted by atomic mass is 10.1. The zero-order chi connectivity index (χ0) is 11.5. The van der Waals surface area contributed by atoms with Crippen molar-refractivity contribution in [2.45, 2.75) is 33.4 Å². The Morgan fingerprint density at radius 1 is 1.44 bits per heavy atom. The lowest BCUT2D eigenvalue weighted by Gasteiger charge is -2.10. The highest BCUT2D eigenvalue weighted by atomic mass is 16.5. The molecule has 0 bridgehead atoms. The van der Waals surface area contributed by atoms with E-state index in [0.29, 0.717) is 12.4 Å². The Labute approximate surface area is 93.8 Å². The third kappa shape index (κ3) is 2.30. The molecule has 0 radical (unpaired) electrons. The van der Waals surface area contributed by atoms with Gasteiger partial charge in [0.2, 0.25) is 6.39 Å². The third-order valence-corrected chi connectivity index (χ3v) is 2.52. The van der Waals surface area contributed by atoms with Crippen LogP contribution in [0.25, 0.3) is 0 Å². The highest BCUT2D eigenvalue weighted by Gasteiger charge is 2.12. The SMILES string of the molecule is Cc1cc(C(C)NCc2ncon2)c(C)o1. The Hall–Kier alpha value is -1.62. The maximum atomic E-state index is 5.48. The molecule has 0 aliphatic rings. The van der Waals surface area contributed by atoms with Crippen LogP contribution in [0.2, 0.25) is 0 Å². The molecule has 16 heavy (non-hydrogen) atoms. The van der Waals surface area contributed by atoms with Gasteiger partial charge < -0.3 is 14.3 Å². The lowest BCUT2D eigenvalue weighted by molar-refractivity contribution is 0.404. The van der Waals surface area contributed by atoms with Crippen LogP contribution in [0.4, 0.5) is 0 Å². The minimum absolute atomic E-state index is 0.205. The zero-order valence-corrected chi connectivity index (χ0v) is 9.65. The van der Waals surface area contributed by atoms with Crippen LogP contribution >= 0.6 is 0 Å². The summed E-state index contributed by atoms with van der Waals surface area (Å²) in [4.78, 5) is 3.95. The van der Waals surface area contributed by atoms with Gasteiger partial charge in [-0.25, -0.2) is 0 Å². The fourth-order valence-electron chi connectivity index (χ4n) is 1.71. The monoisotopic (exact) mass is 221 g/mol. The van der Waals surface area contributed by atoms with E-state index in [9.17, 15) is 0 Å². The number of hydrogen-bond acceptors (Lipinski definition) is 5. The molecule has 1 atom stereocenters. The number of furan rings is 1. The van der Waals surface area contributed by atoms with Crippen molar-refractivity contribution in [2.75, 3.05) is 0 Å². The van der Waals surface area contributed by atoms with Crippen molar-refractivity contribution in [3.63, 3.8) is 0 Å². The lowest BCUT2D eigenvalue weighted by Crippen LogP contribution is -2.18. The molecule has 2 aromatic heterocycles. The van der Waals surface area contributed by atoms with Gasteiger partial charge in [0.25, 0.3) is 0 Å². The van der Waals surface area contributed by atoms with E-state index in [1.807, 2.05) is 19.9 Å². The predicted octanol–water partition coefficient (Wildman–Crippen LogP) is 2.13. The molecule has 2 heterocycles. The van der Waals surface area contributed by atoms with Crippen molar-refractivity contribution >= 4 is 0 Å². The van der Waals surface area contributed by atoms with Gasteiger partial charge in [0.1, 0.15) is 11.5 Å². The number of aryl methyl sites for hydroxylation is 2. The van der Waals surface area contributed by atoms with Gasteiger partial charge in [0.15, 0.2) is 5.82 Å². The second-order valence-corrected chi connectivity index (χ2v) is 3.82. The van der Waals surface area contributed by atoms with Crippen LogP contribution in [0.1, 0.15) is 35.9 Å². The largest absolute Gasteiger partial charge is 0.466 e. The summed E-state index contributed by atoms with van der Waals surface area (Å²) in [5.41, 5.74) is 1.17. The molecule has 86 valence electrons. The fourth-order valence-corrected chi connectivity index (χ4v) is 1.71. The summed E-state index contributed by atoms with van der Waals surface area (Å²) in [6, 6.07) is 2.25. The molecule has 2 aromatic rings. The Kier molecular flexibility index (Phi) is 3.05. The molecule has 5 heteroatoms. The zero-order valence-electron chi connectivity index (χ0n) is 9.65. The van der Waals surface area contributed by atoms with Crippen molar-refractivity contribution in [3.8, 4) is 0 Å². The van der Waals surface area contributed by atoms with Gasteiger partial charge in [-0.15, -0.1) is 0 Å². The summed E-state index contributed by atoms with van der Waals surface area (Å²) in [5.74, 6) is 2.54. The first-order chi connectivity index (χ1) is 7.66. The molecule has 0 saturated heterocycles. The van der Waals surface area contributed by atoms with E-state index in [2.05, 4.69) is 26.9 Å². The average molecular weight is 221 g/mol. The van der Waals surface area contributed by atoms with Gasteiger partial charge in [-0.05, 0) is 26.8 Å². The smallest absolute Gasteiger partial charge is 0.213 e. The van der Waals surface area contributed by atoms with Crippen molar-refractivity contribution in [1.29, 1.82) is 0 Å². The molecule has 0 aromatic carbocycles. The first kappa shape index (κ1) is 10.9. The predicted molar refractivity (Wildman–Crippen MR) is 57.7 cm³/mol. The molecule has 5 nitrogen and oxygen atoms in total. The Bertz CT molecular complexity index is 448. The minimum Gasteiger partial charge on any atom is -0.466 e. The van der Waals surface area contributed by atoms with Gasteiger partial charge in [-0.3, -0.25) is 0 Å². The van der Waals surface area contributed by atoms with E-state index in [0.717, 1.165) is 11.5 Å². The summed E-state index contributed by atoms with van der Waals surface area (Å²) in [5, 5.41) is 7.05. The Balaban J connectivity index is 1.98. The molecule has 0 aliphatic heterocycles. The van der Waals surface area contributed by atoms with Crippen molar-refractivity contribution in [1.82, 2.24) is 15.5 Å². The molecule has 0 spiro atoms. The standard InChI is InChI=1S/C11H15N3O2/c1-7-4-10(9(3)16-7)8(2)12-5-11-13-6-15-14-11/h4,6,8,12H,5H2,1-3H3. The van der Waals surface area contributed by atoms with E-state index < -0.39 is 0 Å². The molecule has 0 aliphatic carbocycles. The van der Waals surface area contributed by atoms with E-state index in [1.165, 1.54) is 12.0 Å². The summed E-state index contributed by atoms with van der Waals surface area (Å²) in [7, 11) is 0. The molecular formula is C11H15N3O2. The summed E-state index contributed by atoms with van der Waals surface area (Å²) in [6.07, 6.45) is 1.33. The first-order valence-electron chi connectivity index (χ1n) is 5.22. The van der Waals surface area contributed by atoms with E-state index in [-0.39, 0.29) is 6.04 Å². The molecule has 0 saturated carbocycles. The fraction of sp³-hybridized carbons (Fsp3) is 0.455. The number of aromatic nitrogens is 2. The highest BCUT2D eigenvalue weighted by molar-refractivity contribution is 5.23. The van der Waals surface area contributed by atoms with Crippen molar-refractivity contribution < 1.29 is 8.94 Å². The summed E-state index contributed by atoms with van der Waals surface area (Å²) in [6.45, 7) is 6.58. The van der Waals surface area contributed by atoms with Gasteiger partial charge >= 0.3 is 0 Å². The topological polar surface area (TPSA) is 64.1 Å². The van der Waals surface area contributed by atoms with E-state index >= 15 is 0 Å². The quantitative estimate of drug-likeness (QED) is 0.856. The molecule has 2 rings (SSSR count). The maximum absolute atomic E-state index is 5.48. The Morgan fingerprint density at radius 3 is 2.81 bits per heavy atom. The number of hydrogen-bond donors (Lipinski definition) is 1. The minimum atomic E-state index is 0.205. The second kappa shape index (κ2) is 4.49. The number of nitrogens with zero attached hydrogens (tertiary/aromatic N) is 2.